The van der Waals surface area contributed by atoms with Crippen molar-refractivity contribution in [1.29, 1.82) is 0 Å². The minimum atomic E-state index is -0.659. The third kappa shape index (κ3) is 7.17. The van der Waals surface area contributed by atoms with Gasteiger partial charge in [-0.15, -0.1) is 0 Å². The molecule has 1 aliphatic heterocycles. The summed E-state index contributed by atoms with van der Waals surface area (Å²) >= 11 is 7.40. The Bertz CT molecular complexity index is 1460. The van der Waals surface area contributed by atoms with Crippen molar-refractivity contribution in [3.05, 3.63) is 125 Å². The number of thioether (sulfide) groups is 1. The molecule has 1 saturated heterocycles. The maximum Gasteiger partial charge on any atom is 0.238 e. The van der Waals surface area contributed by atoms with Crippen molar-refractivity contribution in [2.24, 2.45) is 4.99 Å². The fraction of sp³-hybridized carbons (Fsp3) is 0.182. The van der Waals surface area contributed by atoms with Gasteiger partial charge < -0.3 is 10.1 Å². The third-order valence-corrected chi connectivity index (χ3v) is 7.93. The zero-order valence-corrected chi connectivity index (χ0v) is 24.1. The average Bonchev–Trinajstić information content (AvgIpc) is 3.00. The Balaban J connectivity index is 1.47. The normalized spacial score (nSPS) is 16.2. The highest BCUT2D eigenvalue weighted by molar-refractivity contribution is 8.15. The molecule has 0 radical (unpaired) electrons. The molecule has 1 heterocycles. The van der Waals surface area contributed by atoms with Crippen LogP contribution in [0, 0.1) is 0 Å². The number of nitrogens with one attached hydrogen (secondary N) is 1. The van der Waals surface area contributed by atoms with E-state index in [4.69, 9.17) is 21.3 Å². The molecule has 0 unspecified atom stereocenters. The summed E-state index contributed by atoms with van der Waals surface area (Å²) in [5.41, 5.74) is 3.17. The van der Waals surface area contributed by atoms with Crippen LogP contribution >= 0.6 is 23.4 Å². The van der Waals surface area contributed by atoms with E-state index in [1.165, 1.54) is 11.8 Å². The van der Waals surface area contributed by atoms with E-state index in [-0.39, 0.29) is 18.2 Å². The van der Waals surface area contributed by atoms with Crippen LogP contribution in [0.15, 0.2) is 114 Å². The second kappa shape index (κ2) is 13.5. The lowest BCUT2D eigenvalue weighted by Crippen LogP contribution is -2.47. The van der Waals surface area contributed by atoms with Crippen LogP contribution in [0.25, 0.3) is 0 Å². The van der Waals surface area contributed by atoms with Crippen LogP contribution in [0.4, 0.5) is 11.4 Å². The number of nitrogens with zero attached hydrogens (tertiary/aromatic N) is 2. The molecule has 41 heavy (non-hydrogen) atoms. The first-order chi connectivity index (χ1) is 20.0. The zero-order chi connectivity index (χ0) is 28.6. The molecule has 1 fully saturated rings. The van der Waals surface area contributed by atoms with E-state index in [1.54, 1.807) is 41.3 Å². The number of amidine groups is 1. The van der Waals surface area contributed by atoms with Crippen LogP contribution in [0.5, 0.6) is 5.75 Å². The molecule has 8 heteroatoms. The van der Waals surface area contributed by atoms with Crippen molar-refractivity contribution >= 4 is 51.7 Å². The number of halogens is 1. The SMILES string of the molecule is CCCOc1ccc(NC(=O)[C@@H]2CC(=O)N(C(c3ccccc3)c3ccccc3)C(=Nc3ccc(Cl)cc3)S2)cc1. The van der Waals surface area contributed by atoms with E-state index in [2.05, 4.69) is 5.32 Å². The number of hydrogen-bond acceptors (Lipinski definition) is 5. The second-order valence-corrected chi connectivity index (χ2v) is 11.1. The highest BCUT2D eigenvalue weighted by Gasteiger charge is 2.40. The van der Waals surface area contributed by atoms with Crippen LogP contribution in [0.2, 0.25) is 5.02 Å². The molecule has 1 aliphatic rings. The van der Waals surface area contributed by atoms with Crippen molar-refractivity contribution in [1.82, 2.24) is 4.90 Å². The van der Waals surface area contributed by atoms with Gasteiger partial charge in [0.1, 0.15) is 11.0 Å². The minimum Gasteiger partial charge on any atom is -0.494 e. The van der Waals surface area contributed by atoms with E-state index in [0.29, 0.717) is 28.2 Å². The fourth-order valence-corrected chi connectivity index (χ4v) is 5.79. The van der Waals surface area contributed by atoms with Gasteiger partial charge in [-0.3, -0.25) is 14.5 Å². The lowest BCUT2D eigenvalue weighted by Gasteiger charge is -2.38. The molecular weight excluding hydrogens is 554 g/mol. The lowest BCUT2D eigenvalue weighted by atomic mass is 9.97. The van der Waals surface area contributed by atoms with Gasteiger partial charge in [0.25, 0.3) is 0 Å². The van der Waals surface area contributed by atoms with Gasteiger partial charge in [-0.05, 0) is 66.1 Å². The van der Waals surface area contributed by atoms with Crippen LogP contribution in [0.1, 0.15) is 36.9 Å². The Morgan fingerprint density at radius 1 is 0.951 bits per heavy atom. The molecule has 4 aromatic rings. The smallest absolute Gasteiger partial charge is 0.238 e. The highest BCUT2D eigenvalue weighted by atomic mass is 35.5. The van der Waals surface area contributed by atoms with Crippen molar-refractivity contribution in [3.63, 3.8) is 0 Å². The topological polar surface area (TPSA) is 71.0 Å². The summed E-state index contributed by atoms with van der Waals surface area (Å²) in [5.74, 6) is 0.301. The second-order valence-electron chi connectivity index (χ2n) is 9.53. The van der Waals surface area contributed by atoms with Gasteiger partial charge in [-0.1, -0.05) is 91.0 Å². The van der Waals surface area contributed by atoms with Crippen LogP contribution in [-0.2, 0) is 9.59 Å². The predicted octanol–water partition coefficient (Wildman–Crippen LogP) is 7.88. The molecule has 0 bridgehead atoms. The molecule has 0 spiro atoms. The fourth-order valence-electron chi connectivity index (χ4n) is 4.53. The Morgan fingerprint density at radius 2 is 1.56 bits per heavy atom. The van der Waals surface area contributed by atoms with Crippen LogP contribution < -0.4 is 10.1 Å². The summed E-state index contributed by atoms with van der Waals surface area (Å²) in [6.07, 6.45) is 0.946. The Morgan fingerprint density at radius 3 is 2.15 bits per heavy atom. The van der Waals surface area contributed by atoms with Crippen molar-refractivity contribution in [2.75, 3.05) is 11.9 Å². The van der Waals surface area contributed by atoms with Crippen molar-refractivity contribution in [3.8, 4) is 5.75 Å². The molecular formula is C33H30ClN3O3S. The zero-order valence-electron chi connectivity index (χ0n) is 22.6. The van der Waals surface area contributed by atoms with E-state index in [0.717, 1.165) is 23.3 Å². The maximum absolute atomic E-state index is 14.0. The van der Waals surface area contributed by atoms with Gasteiger partial charge in [0.15, 0.2) is 5.17 Å². The lowest BCUT2D eigenvalue weighted by molar-refractivity contribution is -0.130. The number of aliphatic imine (C=N–C) groups is 1. The largest absolute Gasteiger partial charge is 0.494 e. The molecule has 4 aromatic carbocycles. The third-order valence-electron chi connectivity index (χ3n) is 6.51. The number of anilines is 1. The van der Waals surface area contributed by atoms with Gasteiger partial charge in [-0.2, -0.15) is 0 Å². The molecule has 0 saturated carbocycles. The molecule has 0 aliphatic carbocycles. The summed E-state index contributed by atoms with van der Waals surface area (Å²) < 4.78 is 5.64. The quantitative estimate of drug-likeness (QED) is 0.217. The summed E-state index contributed by atoms with van der Waals surface area (Å²) in [7, 11) is 0. The number of hydrogen-bond donors (Lipinski definition) is 1. The van der Waals surface area contributed by atoms with Gasteiger partial charge in [0.05, 0.1) is 18.3 Å². The number of benzene rings is 4. The van der Waals surface area contributed by atoms with Crippen molar-refractivity contribution < 1.29 is 14.3 Å². The van der Waals surface area contributed by atoms with E-state index >= 15 is 0 Å². The standard InChI is InChI=1S/C33H30ClN3O3S/c1-2-21-40-28-19-17-26(18-20-28)35-32(39)29-22-30(38)37(33(41-29)36-27-15-13-25(34)14-16-27)31(23-9-5-3-6-10-23)24-11-7-4-8-12-24/h3-20,29,31H,2,21-22H2,1H3,(H,35,39)/t29-/m0/s1. The van der Waals surface area contributed by atoms with E-state index in [1.807, 2.05) is 79.7 Å². The number of rotatable bonds is 9. The summed E-state index contributed by atoms with van der Waals surface area (Å²) in [6.45, 7) is 2.68. The number of carbonyl (C=O) groups is 2. The number of ether oxygens (including phenoxy) is 1. The molecule has 1 N–H and O–H groups in total. The van der Waals surface area contributed by atoms with Gasteiger partial charge >= 0.3 is 0 Å². The molecule has 2 amide bonds. The molecule has 5 rings (SSSR count). The van der Waals surface area contributed by atoms with Gasteiger partial charge in [0, 0.05) is 17.1 Å². The minimum absolute atomic E-state index is 0.0317. The van der Waals surface area contributed by atoms with Crippen LogP contribution in [0.3, 0.4) is 0 Å². The number of amides is 2. The summed E-state index contributed by atoms with van der Waals surface area (Å²) in [4.78, 5) is 34.0. The predicted molar refractivity (Wildman–Crippen MR) is 167 cm³/mol. The first-order valence-corrected chi connectivity index (χ1v) is 14.7. The summed E-state index contributed by atoms with van der Waals surface area (Å²) in [5, 5.41) is 3.34. The maximum atomic E-state index is 14.0. The highest BCUT2D eigenvalue weighted by Crippen LogP contribution is 2.38. The van der Waals surface area contributed by atoms with Gasteiger partial charge in [0.2, 0.25) is 11.8 Å². The van der Waals surface area contributed by atoms with E-state index < -0.39 is 11.3 Å². The Kier molecular flexibility index (Phi) is 9.39. The summed E-state index contributed by atoms with van der Waals surface area (Å²) in [6, 6.07) is 33.7. The van der Waals surface area contributed by atoms with Gasteiger partial charge in [-0.25, -0.2) is 4.99 Å². The first-order valence-electron chi connectivity index (χ1n) is 13.5. The average molecular weight is 584 g/mol. The molecule has 1 atom stereocenters. The van der Waals surface area contributed by atoms with Crippen molar-refractivity contribution in [2.45, 2.75) is 31.1 Å². The molecule has 0 aromatic heterocycles. The van der Waals surface area contributed by atoms with E-state index in [9.17, 15) is 9.59 Å². The Hall–Kier alpha value is -4.07. The Labute approximate surface area is 249 Å². The molecule has 6 nitrogen and oxygen atoms in total. The van der Waals surface area contributed by atoms with Crippen LogP contribution in [-0.4, -0.2) is 33.7 Å². The molecule has 208 valence electrons. The monoisotopic (exact) mass is 583 g/mol. The first kappa shape index (κ1) is 28.5. The number of carbonyl (C=O) groups excluding carboxylic acids is 2.